The molecule has 5 nitrogen and oxygen atoms in total. The maximum atomic E-state index is 11.9. The molecule has 0 aliphatic carbocycles. The van der Waals surface area contributed by atoms with E-state index in [1.165, 1.54) is 0 Å². The van der Waals surface area contributed by atoms with Crippen LogP contribution >= 0.6 is 0 Å². The predicted octanol–water partition coefficient (Wildman–Crippen LogP) is 2.22. The first kappa shape index (κ1) is 15.6. The molecule has 0 bridgehead atoms. The van der Waals surface area contributed by atoms with Gasteiger partial charge in [0.05, 0.1) is 25.4 Å². The van der Waals surface area contributed by atoms with E-state index in [1.807, 2.05) is 31.2 Å². The number of hydrogen-bond donors (Lipinski definition) is 1. The van der Waals surface area contributed by atoms with Crippen LogP contribution in [0.25, 0.3) is 0 Å². The largest absolute Gasteiger partial charge is 0.497 e. The van der Waals surface area contributed by atoms with Crippen molar-refractivity contribution in [1.82, 2.24) is 4.90 Å². The van der Waals surface area contributed by atoms with Crippen molar-refractivity contribution < 1.29 is 19.4 Å². The summed E-state index contributed by atoms with van der Waals surface area (Å²) in [6.07, 6.45) is 0.711. The number of ether oxygens (including phenoxy) is 2. The first-order valence-corrected chi connectivity index (χ1v) is 7.29. The number of nitrogens with zero attached hydrogens (tertiary/aromatic N) is 1. The van der Waals surface area contributed by atoms with Crippen molar-refractivity contribution in [3.8, 4) is 5.75 Å². The minimum atomic E-state index is -0.915. The van der Waals surface area contributed by atoms with Crippen LogP contribution in [0.5, 0.6) is 5.75 Å². The number of likely N-dealkylation sites (tertiary alicyclic amines) is 1. The quantitative estimate of drug-likeness (QED) is 0.924. The fraction of sp³-hybridized carbons (Fsp3) is 0.562. The second-order valence-corrected chi connectivity index (χ2v) is 5.45. The lowest BCUT2D eigenvalue weighted by Crippen LogP contribution is -2.46. The Labute approximate surface area is 125 Å². The molecule has 0 radical (unpaired) electrons. The number of rotatable bonds is 4. The fourth-order valence-electron chi connectivity index (χ4n) is 2.80. The van der Waals surface area contributed by atoms with Gasteiger partial charge in [-0.1, -0.05) is 12.1 Å². The molecule has 5 heteroatoms. The van der Waals surface area contributed by atoms with Crippen LogP contribution in [-0.2, 0) is 11.2 Å². The molecule has 21 heavy (non-hydrogen) atoms. The summed E-state index contributed by atoms with van der Waals surface area (Å²) in [5, 5.41) is 10.8. The Morgan fingerprint density at radius 2 is 2.10 bits per heavy atom. The third kappa shape index (κ3) is 3.29. The van der Waals surface area contributed by atoms with Gasteiger partial charge in [-0.25, -0.2) is 4.79 Å². The van der Waals surface area contributed by atoms with E-state index in [0.717, 1.165) is 11.3 Å². The molecule has 0 spiro atoms. The van der Waals surface area contributed by atoms with Gasteiger partial charge in [-0.15, -0.1) is 0 Å². The van der Waals surface area contributed by atoms with Gasteiger partial charge in [0.1, 0.15) is 5.75 Å². The van der Waals surface area contributed by atoms with E-state index < -0.39 is 5.60 Å². The normalized spacial score (nSPS) is 25.0. The van der Waals surface area contributed by atoms with E-state index >= 15 is 0 Å². The molecule has 2 atom stereocenters. The number of benzene rings is 1. The van der Waals surface area contributed by atoms with Crippen molar-refractivity contribution >= 4 is 6.09 Å². The average molecular weight is 293 g/mol. The third-order valence-electron chi connectivity index (χ3n) is 4.20. The maximum Gasteiger partial charge on any atom is 0.410 e. The van der Waals surface area contributed by atoms with Crippen molar-refractivity contribution in [3.63, 3.8) is 0 Å². The Kier molecular flexibility index (Phi) is 4.73. The summed E-state index contributed by atoms with van der Waals surface area (Å²) in [4.78, 5) is 13.5. The Bertz CT molecular complexity index is 488. The smallest absolute Gasteiger partial charge is 0.410 e. The molecule has 1 N–H and O–H groups in total. The molecule has 1 saturated heterocycles. The van der Waals surface area contributed by atoms with Gasteiger partial charge in [-0.3, -0.25) is 0 Å². The molecular weight excluding hydrogens is 270 g/mol. The van der Waals surface area contributed by atoms with E-state index in [9.17, 15) is 9.90 Å². The Morgan fingerprint density at radius 1 is 1.43 bits per heavy atom. The lowest BCUT2D eigenvalue weighted by Gasteiger charge is -2.31. The number of methoxy groups -OCH3 is 1. The van der Waals surface area contributed by atoms with Gasteiger partial charge >= 0.3 is 6.09 Å². The lowest BCUT2D eigenvalue weighted by atomic mass is 9.88. The van der Waals surface area contributed by atoms with Gasteiger partial charge in [0, 0.05) is 13.0 Å². The number of carbonyl (C=O) groups excluding carboxylic acids is 1. The number of amides is 1. The first-order chi connectivity index (χ1) is 10.00. The van der Waals surface area contributed by atoms with Crippen LogP contribution in [0.15, 0.2) is 24.3 Å². The third-order valence-corrected chi connectivity index (χ3v) is 4.20. The van der Waals surface area contributed by atoms with Crippen LogP contribution in [0, 0.1) is 0 Å². The molecule has 0 aromatic heterocycles. The van der Waals surface area contributed by atoms with Gasteiger partial charge < -0.3 is 19.5 Å². The highest BCUT2D eigenvalue weighted by Gasteiger charge is 2.45. The van der Waals surface area contributed by atoms with E-state index in [4.69, 9.17) is 9.47 Å². The minimum absolute atomic E-state index is 0.265. The van der Waals surface area contributed by atoms with Crippen LogP contribution < -0.4 is 4.74 Å². The molecular formula is C16H23NO4. The van der Waals surface area contributed by atoms with Crippen LogP contribution in [0.2, 0.25) is 0 Å². The monoisotopic (exact) mass is 293 g/mol. The highest BCUT2D eigenvalue weighted by Crippen LogP contribution is 2.32. The lowest BCUT2D eigenvalue weighted by molar-refractivity contribution is 0.00899. The second kappa shape index (κ2) is 6.35. The summed E-state index contributed by atoms with van der Waals surface area (Å²) in [6, 6.07) is 7.37. The highest BCUT2D eigenvalue weighted by molar-refractivity contribution is 5.68. The van der Waals surface area contributed by atoms with Gasteiger partial charge in [-0.2, -0.15) is 0 Å². The summed E-state index contributed by atoms with van der Waals surface area (Å²) >= 11 is 0. The molecule has 1 fully saturated rings. The van der Waals surface area contributed by atoms with Crippen LogP contribution in [0.3, 0.4) is 0 Å². The number of carbonyl (C=O) groups is 1. The van der Waals surface area contributed by atoms with E-state index in [-0.39, 0.29) is 12.1 Å². The molecule has 1 amide bonds. The Hall–Kier alpha value is -1.75. The zero-order valence-corrected chi connectivity index (χ0v) is 12.8. The van der Waals surface area contributed by atoms with Gasteiger partial charge in [0.15, 0.2) is 0 Å². The zero-order valence-electron chi connectivity index (χ0n) is 12.8. The van der Waals surface area contributed by atoms with Crippen molar-refractivity contribution in [2.75, 3.05) is 20.3 Å². The van der Waals surface area contributed by atoms with Gasteiger partial charge in [-0.05, 0) is 38.0 Å². The minimum Gasteiger partial charge on any atom is -0.497 e. The highest BCUT2D eigenvalue weighted by atomic mass is 16.6. The van der Waals surface area contributed by atoms with Gasteiger partial charge in [0.25, 0.3) is 0 Å². The second-order valence-electron chi connectivity index (χ2n) is 5.45. The molecule has 1 aliphatic rings. The zero-order chi connectivity index (χ0) is 15.5. The van der Waals surface area contributed by atoms with Crippen LogP contribution in [0.4, 0.5) is 4.79 Å². The van der Waals surface area contributed by atoms with Crippen LogP contribution in [0.1, 0.15) is 25.8 Å². The molecule has 1 heterocycles. The summed E-state index contributed by atoms with van der Waals surface area (Å²) in [5.41, 5.74) is 0.109. The summed E-state index contributed by atoms with van der Waals surface area (Å²) < 4.78 is 10.2. The average Bonchev–Trinajstić information content (AvgIpc) is 2.76. The molecule has 1 aromatic carbocycles. The SMILES string of the molecule is CCOC(=O)N1CCC(O)(Cc2ccc(OC)cc2)C1C. The predicted molar refractivity (Wildman–Crippen MR) is 79.5 cm³/mol. The Balaban J connectivity index is 2.06. The van der Waals surface area contributed by atoms with Crippen molar-refractivity contribution in [2.24, 2.45) is 0 Å². The summed E-state index contributed by atoms with van der Waals surface area (Å²) in [5.74, 6) is 0.790. The molecule has 2 unspecified atom stereocenters. The van der Waals surface area contributed by atoms with Crippen molar-refractivity contribution in [3.05, 3.63) is 29.8 Å². The molecule has 116 valence electrons. The van der Waals surface area contributed by atoms with Gasteiger partial charge in [0.2, 0.25) is 0 Å². The summed E-state index contributed by atoms with van der Waals surface area (Å²) in [6.45, 7) is 4.52. The van der Waals surface area contributed by atoms with Crippen LogP contribution in [-0.4, -0.2) is 48.0 Å². The van der Waals surface area contributed by atoms with E-state index in [0.29, 0.717) is 26.0 Å². The summed E-state index contributed by atoms with van der Waals surface area (Å²) in [7, 11) is 1.62. The molecule has 0 saturated carbocycles. The van der Waals surface area contributed by atoms with E-state index in [2.05, 4.69) is 0 Å². The maximum absolute atomic E-state index is 11.9. The molecule has 1 aliphatic heterocycles. The van der Waals surface area contributed by atoms with Crippen molar-refractivity contribution in [1.29, 1.82) is 0 Å². The molecule has 1 aromatic rings. The number of aliphatic hydroxyl groups is 1. The fourth-order valence-corrected chi connectivity index (χ4v) is 2.80. The topological polar surface area (TPSA) is 59.0 Å². The number of hydrogen-bond acceptors (Lipinski definition) is 4. The first-order valence-electron chi connectivity index (χ1n) is 7.29. The Morgan fingerprint density at radius 3 is 2.67 bits per heavy atom. The standard InChI is InChI=1S/C16H23NO4/c1-4-21-15(18)17-10-9-16(19,12(17)2)11-13-5-7-14(20-3)8-6-13/h5-8,12,19H,4,9-11H2,1-3H3. The molecule has 2 rings (SSSR count). The van der Waals surface area contributed by atoms with E-state index in [1.54, 1.807) is 18.9 Å². The van der Waals surface area contributed by atoms with Crippen molar-refractivity contribution in [2.45, 2.75) is 38.3 Å².